The van der Waals surface area contributed by atoms with Crippen LogP contribution in [0.25, 0.3) is 27.8 Å². The molecule has 204 valence electrons. The highest BCUT2D eigenvalue weighted by Gasteiger charge is 2.20. The van der Waals surface area contributed by atoms with E-state index in [2.05, 4.69) is 26.0 Å². The monoisotopic (exact) mass is 554 g/mol. The third kappa shape index (κ3) is 5.88. The molecule has 1 aliphatic heterocycles. The number of nitrogens with two attached hydrogens (primary N) is 1. The molecule has 1 aliphatic rings. The van der Waals surface area contributed by atoms with Gasteiger partial charge < -0.3 is 10.6 Å². The highest BCUT2D eigenvalue weighted by Crippen LogP contribution is 2.32. The maximum absolute atomic E-state index is 11.9. The molecule has 0 amide bonds. The van der Waals surface area contributed by atoms with Crippen LogP contribution in [0.3, 0.4) is 0 Å². The SMILES string of the molecule is Cn1cc(-c2cnc(C(C#N)=CN)c(-c3ccc(N4CCN(Cc5cccc(S(C)(=O)=O)c5)CC4)nc3)c2)cn1. The van der Waals surface area contributed by atoms with Gasteiger partial charge in [0.2, 0.25) is 0 Å². The van der Waals surface area contributed by atoms with Gasteiger partial charge in [-0.15, -0.1) is 0 Å². The maximum Gasteiger partial charge on any atom is 0.175 e. The number of sulfone groups is 1. The van der Waals surface area contributed by atoms with Crippen LogP contribution in [-0.4, -0.2) is 65.5 Å². The normalized spacial score (nSPS) is 14.7. The Morgan fingerprint density at radius 2 is 1.80 bits per heavy atom. The molecule has 10 nitrogen and oxygen atoms in total. The summed E-state index contributed by atoms with van der Waals surface area (Å²) in [5.74, 6) is 0.871. The maximum atomic E-state index is 11.9. The number of anilines is 1. The van der Waals surface area contributed by atoms with Crippen LogP contribution in [-0.2, 0) is 23.4 Å². The fourth-order valence-electron chi connectivity index (χ4n) is 4.80. The van der Waals surface area contributed by atoms with Crippen molar-refractivity contribution >= 4 is 21.2 Å². The fraction of sp³-hybridized carbons (Fsp3) is 0.241. The molecule has 1 fully saturated rings. The van der Waals surface area contributed by atoms with E-state index in [1.807, 2.05) is 37.5 Å². The number of nitrogens with zero attached hydrogens (tertiary/aromatic N) is 7. The zero-order valence-electron chi connectivity index (χ0n) is 22.4. The molecule has 3 aromatic heterocycles. The number of pyridine rings is 2. The number of hydrogen-bond donors (Lipinski definition) is 1. The van der Waals surface area contributed by atoms with Crippen molar-refractivity contribution in [1.29, 1.82) is 5.26 Å². The van der Waals surface area contributed by atoms with Gasteiger partial charge in [0, 0.05) is 93.1 Å². The molecule has 40 heavy (non-hydrogen) atoms. The molecule has 1 aromatic carbocycles. The molecular formula is C29H30N8O2S. The zero-order valence-corrected chi connectivity index (χ0v) is 23.2. The number of nitriles is 1. The summed E-state index contributed by atoms with van der Waals surface area (Å²) in [6.07, 6.45) is 9.71. The van der Waals surface area contributed by atoms with Crippen LogP contribution in [0.15, 0.2) is 78.3 Å². The van der Waals surface area contributed by atoms with E-state index >= 15 is 0 Å². The second-order valence-electron chi connectivity index (χ2n) is 9.80. The molecule has 4 aromatic rings. The molecule has 5 rings (SSSR count). The number of aryl methyl sites for hydroxylation is 1. The van der Waals surface area contributed by atoms with Crippen molar-refractivity contribution in [3.8, 4) is 28.3 Å². The first-order chi connectivity index (χ1) is 19.2. The first kappa shape index (κ1) is 27.1. The van der Waals surface area contributed by atoms with Gasteiger partial charge in [-0.25, -0.2) is 13.4 Å². The van der Waals surface area contributed by atoms with Crippen molar-refractivity contribution in [1.82, 2.24) is 24.6 Å². The van der Waals surface area contributed by atoms with Crippen LogP contribution < -0.4 is 10.6 Å². The Morgan fingerprint density at radius 3 is 2.42 bits per heavy atom. The van der Waals surface area contributed by atoms with Crippen LogP contribution in [0.5, 0.6) is 0 Å². The van der Waals surface area contributed by atoms with Crippen LogP contribution in [0.4, 0.5) is 5.82 Å². The molecule has 11 heteroatoms. The van der Waals surface area contributed by atoms with Gasteiger partial charge >= 0.3 is 0 Å². The predicted octanol–water partition coefficient (Wildman–Crippen LogP) is 3.09. The molecule has 0 saturated carbocycles. The summed E-state index contributed by atoms with van der Waals surface area (Å²) in [6, 6.07) is 15.2. The summed E-state index contributed by atoms with van der Waals surface area (Å²) in [5.41, 5.74) is 10.9. The van der Waals surface area contributed by atoms with Gasteiger partial charge in [-0.1, -0.05) is 12.1 Å². The Morgan fingerprint density at radius 1 is 1.02 bits per heavy atom. The zero-order chi connectivity index (χ0) is 28.3. The first-order valence-electron chi connectivity index (χ1n) is 12.8. The fourth-order valence-corrected chi connectivity index (χ4v) is 5.49. The molecular weight excluding hydrogens is 524 g/mol. The Balaban J connectivity index is 1.32. The predicted molar refractivity (Wildman–Crippen MR) is 154 cm³/mol. The van der Waals surface area contributed by atoms with Gasteiger partial charge in [-0.2, -0.15) is 10.4 Å². The van der Waals surface area contributed by atoms with Gasteiger partial charge in [0.15, 0.2) is 9.84 Å². The molecule has 4 heterocycles. The van der Waals surface area contributed by atoms with E-state index in [4.69, 9.17) is 10.7 Å². The van der Waals surface area contributed by atoms with Crippen molar-refractivity contribution in [2.75, 3.05) is 37.3 Å². The highest BCUT2D eigenvalue weighted by molar-refractivity contribution is 7.90. The van der Waals surface area contributed by atoms with Gasteiger partial charge in [0.25, 0.3) is 0 Å². The van der Waals surface area contributed by atoms with Crippen molar-refractivity contribution in [2.24, 2.45) is 12.8 Å². The summed E-state index contributed by atoms with van der Waals surface area (Å²) in [4.78, 5) is 14.2. The van der Waals surface area contributed by atoms with Crippen molar-refractivity contribution in [2.45, 2.75) is 11.4 Å². The van der Waals surface area contributed by atoms with E-state index < -0.39 is 9.84 Å². The van der Waals surface area contributed by atoms with E-state index in [-0.39, 0.29) is 5.57 Å². The van der Waals surface area contributed by atoms with Crippen molar-refractivity contribution < 1.29 is 8.42 Å². The molecule has 0 unspecified atom stereocenters. The summed E-state index contributed by atoms with van der Waals surface area (Å²) in [7, 11) is -1.37. The molecule has 0 atom stereocenters. The average molecular weight is 555 g/mol. The third-order valence-corrected chi connectivity index (χ3v) is 8.07. The topological polar surface area (TPSA) is 134 Å². The van der Waals surface area contributed by atoms with Gasteiger partial charge in [0.05, 0.1) is 22.4 Å². The van der Waals surface area contributed by atoms with Crippen LogP contribution >= 0.6 is 0 Å². The number of hydrogen-bond acceptors (Lipinski definition) is 9. The number of benzene rings is 1. The summed E-state index contributed by atoms with van der Waals surface area (Å²) in [6.45, 7) is 3.97. The summed E-state index contributed by atoms with van der Waals surface area (Å²) < 4.78 is 25.5. The van der Waals surface area contributed by atoms with E-state index in [1.165, 1.54) is 12.5 Å². The lowest BCUT2D eigenvalue weighted by molar-refractivity contribution is 0.249. The minimum Gasteiger partial charge on any atom is -0.403 e. The molecule has 2 N–H and O–H groups in total. The lowest BCUT2D eigenvalue weighted by atomic mass is 9.98. The van der Waals surface area contributed by atoms with Crippen LogP contribution in [0, 0.1) is 11.3 Å². The summed E-state index contributed by atoms with van der Waals surface area (Å²) >= 11 is 0. The smallest absolute Gasteiger partial charge is 0.175 e. The number of aromatic nitrogens is 4. The second-order valence-corrected chi connectivity index (χ2v) is 11.8. The van der Waals surface area contributed by atoms with Crippen LogP contribution in [0.2, 0.25) is 0 Å². The molecule has 1 saturated heterocycles. The third-order valence-electron chi connectivity index (χ3n) is 6.96. The van der Waals surface area contributed by atoms with E-state index in [9.17, 15) is 13.7 Å². The van der Waals surface area contributed by atoms with Gasteiger partial charge in [-0.3, -0.25) is 14.6 Å². The lowest BCUT2D eigenvalue weighted by Crippen LogP contribution is -2.46. The largest absolute Gasteiger partial charge is 0.403 e. The average Bonchev–Trinajstić information content (AvgIpc) is 3.40. The van der Waals surface area contributed by atoms with Gasteiger partial charge in [-0.05, 0) is 35.9 Å². The number of piperazine rings is 1. The molecule has 0 aliphatic carbocycles. The molecule has 0 bridgehead atoms. The lowest BCUT2D eigenvalue weighted by Gasteiger charge is -2.35. The molecule has 0 radical (unpaired) electrons. The minimum absolute atomic E-state index is 0.287. The molecule has 0 spiro atoms. The second kappa shape index (κ2) is 11.3. The quantitative estimate of drug-likeness (QED) is 0.342. The van der Waals surface area contributed by atoms with Gasteiger partial charge in [0.1, 0.15) is 11.9 Å². The van der Waals surface area contributed by atoms with E-state index in [0.717, 1.165) is 59.8 Å². The van der Waals surface area contributed by atoms with Crippen LogP contribution in [0.1, 0.15) is 11.3 Å². The Kier molecular flexibility index (Phi) is 7.64. The Bertz CT molecular complexity index is 1700. The number of rotatable bonds is 7. The van der Waals surface area contributed by atoms with E-state index in [1.54, 1.807) is 41.5 Å². The Hall–Kier alpha value is -4.53. The Labute approximate surface area is 233 Å². The van der Waals surface area contributed by atoms with Crippen molar-refractivity contribution in [3.63, 3.8) is 0 Å². The van der Waals surface area contributed by atoms with E-state index in [0.29, 0.717) is 17.1 Å². The van der Waals surface area contributed by atoms with Crippen molar-refractivity contribution in [3.05, 3.63) is 84.7 Å². The highest BCUT2D eigenvalue weighted by atomic mass is 32.2. The number of allylic oxidation sites excluding steroid dienone is 1. The first-order valence-corrected chi connectivity index (χ1v) is 14.7. The standard InChI is InChI=1S/C29H30N8O2S/c1-35-20-25(18-34-35)23-13-27(29(33-17-23)24(14-30)15-31)22-6-7-28(32-16-22)37-10-8-36(9-11-37)19-21-4-3-5-26(12-21)40(2,38)39/h3-7,12-14,16-18,20H,8-11,19,30H2,1-2H3. The minimum atomic E-state index is -3.23. The summed E-state index contributed by atoms with van der Waals surface area (Å²) in [5, 5.41) is 13.9.